The van der Waals surface area contributed by atoms with E-state index in [1.165, 1.54) is 89.9 Å². The van der Waals surface area contributed by atoms with Gasteiger partial charge in [0.1, 0.15) is 0 Å². The Bertz CT molecular complexity index is 469. The average molecular weight is 458 g/mol. The van der Waals surface area contributed by atoms with Crippen molar-refractivity contribution in [2.45, 2.75) is 122 Å². The van der Waals surface area contributed by atoms with Crippen LogP contribution in [0.4, 0.5) is 0 Å². The predicted molar refractivity (Wildman–Crippen MR) is 117 cm³/mol. The first-order valence-electron chi connectivity index (χ1n) is 11.6. The largest absolute Gasteiger partial charge is 1.00 e. The molecule has 29 heavy (non-hydrogen) atoms. The van der Waals surface area contributed by atoms with Crippen molar-refractivity contribution >= 4 is 16.0 Å². The van der Waals surface area contributed by atoms with Gasteiger partial charge in [0.15, 0.2) is 0 Å². The Balaban J connectivity index is 0. The SMILES string of the molecule is CCCCCCCCCCCCCCCCCCCC([O-])=NCCS(=O)(=O)O.[K+]. The number of aliphatic imine (C=N–C) groups is 1. The van der Waals surface area contributed by atoms with E-state index >= 15 is 0 Å². The van der Waals surface area contributed by atoms with Crippen LogP contribution in [0.2, 0.25) is 0 Å². The Morgan fingerprint density at radius 1 is 0.724 bits per heavy atom. The maximum atomic E-state index is 11.4. The molecule has 0 saturated heterocycles. The van der Waals surface area contributed by atoms with E-state index in [1.54, 1.807) is 0 Å². The first-order chi connectivity index (χ1) is 13.5. The first-order valence-corrected chi connectivity index (χ1v) is 13.2. The van der Waals surface area contributed by atoms with Gasteiger partial charge in [0.25, 0.3) is 10.1 Å². The zero-order valence-electron chi connectivity index (χ0n) is 19.2. The van der Waals surface area contributed by atoms with E-state index in [-0.39, 0.29) is 63.8 Å². The molecule has 5 nitrogen and oxygen atoms in total. The molecule has 0 aromatic heterocycles. The summed E-state index contributed by atoms with van der Waals surface area (Å²) in [4.78, 5) is 3.64. The molecule has 0 heterocycles. The van der Waals surface area contributed by atoms with Gasteiger partial charge in [-0.15, -0.1) is 0 Å². The van der Waals surface area contributed by atoms with E-state index < -0.39 is 15.9 Å². The monoisotopic (exact) mass is 457 g/mol. The van der Waals surface area contributed by atoms with Gasteiger partial charge >= 0.3 is 51.4 Å². The van der Waals surface area contributed by atoms with Crippen LogP contribution in [-0.4, -0.2) is 31.2 Å². The van der Waals surface area contributed by atoms with E-state index in [9.17, 15) is 13.5 Å². The Morgan fingerprint density at radius 3 is 1.41 bits per heavy atom. The number of hydrogen-bond donors (Lipinski definition) is 1. The summed E-state index contributed by atoms with van der Waals surface area (Å²) in [6.07, 6.45) is 22.5. The van der Waals surface area contributed by atoms with Crippen molar-refractivity contribution in [2.75, 3.05) is 12.3 Å². The molecular formula is C22H44KNO4S. The molecule has 0 aliphatic carbocycles. The summed E-state index contributed by atoms with van der Waals surface area (Å²) >= 11 is 0. The normalized spacial score (nSPS) is 12.1. The van der Waals surface area contributed by atoms with Crippen molar-refractivity contribution in [2.24, 2.45) is 4.99 Å². The quantitative estimate of drug-likeness (QED) is 0.0943. The van der Waals surface area contributed by atoms with Crippen LogP contribution in [0.3, 0.4) is 0 Å². The van der Waals surface area contributed by atoms with E-state index in [1.807, 2.05) is 0 Å². The molecule has 0 aromatic carbocycles. The fourth-order valence-electron chi connectivity index (χ4n) is 3.37. The maximum Gasteiger partial charge on any atom is 1.00 e. The number of rotatable bonds is 21. The first kappa shape index (κ1) is 32.2. The second kappa shape index (κ2) is 23.7. The van der Waals surface area contributed by atoms with Gasteiger partial charge in [0, 0.05) is 0 Å². The predicted octanol–water partition coefficient (Wildman–Crippen LogP) is 2.68. The van der Waals surface area contributed by atoms with Crippen LogP contribution in [0.15, 0.2) is 4.99 Å². The van der Waals surface area contributed by atoms with Gasteiger partial charge in [-0.2, -0.15) is 8.42 Å². The van der Waals surface area contributed by atoms with Crippen LogP contribution in [0, 0.1) is 0 Å². The van der Waals surface area contributed by atoms with Crippen LogP contribution in [0.25, 0.3) is 0 Å². The van der Waals surface area contributed by atoms with Crippen LogP contribution in [-0.2, 0) is 10.1 Å². The second-order valence-electron chi connectivity index (χ2n) is 7.97. The molecule has 0 spiro atoms. The Kier molecular flexibility index (Phi) is 26.3. The summed E-state index contributed by atoms with van der Waals surface area (Å²) in [6.45, 7) is 2.12. The zero-order chi connectivity index (χ0) is 20.9. The van der Waals surface area contributed by atoms with E-state index in [0.29, 0.717) is 6.42 Å². The Hall–Kier alpha value is 1.02. The molecule has 0 rings (SSSR count). The van der Waals surface area contributed by atoms with Gasteiger partial charge in [-0.3, -0.25) is 4.55 Å². The van der Waals surface area contributed by atoms with Crippen molar-refractivity contribution in [1.29, 1.82) is 0 Å². The van der Waals surface area contributed by atoms with Crippen molar-refractivity contribution in [1.82, 2.24) is 0 Å². The van der Waals surface area contributed by atoms with E-state index in [2.05, 4.69) is 11.9 Å². The molecule has 168 valence electrons. The molecule has 0 amide bonds. The van der Waals surface area contributed by atoms with Crippen molar-refractivity contribution in [3.05, 3.63) is 0 Å². The number of hydrogen-bond acceptors (Lipinski definition) is 4. The van der Waals surface area contributed by atoms with Crippen molar-refractivity contribution in [3.8, 4) is 0 Å². The number of nitrogens with zero attached hydrogens (tertiary/aromatic N) is 1. The summed E-state index contributed by atoms with van der Waals surface area (Å²) in [7, 11) is -4.02. The molecule has 0 fully saturated rings. The minimum atomic E-state index is -4.02. The Morgan fingerprint density at radius 2 is 1.07 bits per heavy atom. The van der Waals surface area contributed by atoms with Crippen LogP contribution < -0.4 is 56.5 Å². The van der Waals surface area contributed by atoms with Crippen molar-refractivity contribution in [3.63, 3.8) is 0 Å². The van der Waals surface area contributed by atoms with Gasteiger partial charge in [0.05, 0.1) is 12.3 Å². The smallest absolute Gasteiger partial charge is 0.862 e. The van der Waals surface area contributed by atoms with E-state index in [4.69, 9.17) is 4.55 Å². The fraction of sp³-hybridized carbons (Fsp3) is 0.955. The van der Waals surface area contributed by atoms with Gasteiger partial charge in [-0.1, -0.05) is 110 Å². The summed E-state index contributed by atoms with van der Waals surface area (Å²) in [5.41, 5.74) is 0. The molecule has 0 aliphatic heterocycles. The molecule has 0 saturated carbocycles. The second-order valence-corrected chi connectivity index (χ2v) is 9.54. The topological polar surface area (TPSA) is 89.8 Å². The van der Waals surface area contributed by atoms with Crippen molar-refractivity contribution < 1.29 is 69.5 Å². The Labute approximate surface area is 223 Å². The number of unbranched alkanes of at least 4 members (excludes halogenated alkanes) is 16. The zero-order valence-corrected chi connectivity index (χ0v) is 23.1. The summed E-state index contributed by atoms with van der Waals surface area (Å²) in [5, 5.41) is 11.4. The summed E-state index contributed by atoms with van der Waals surface area (Å²) < 4.78 is 29.6. The average Bonchev–Trinajstić information content (AvgIpc) is 2.63. The molecule has 0 aliphatic rings. The molecular weight excluding hydrogens is 413 g/mol. The molecule has 0 atom stereocenters. The minimum Gasteiger partial charge on any atom is -0.862 e. The molecule has 1 N–H and O–H groups in total. The van der Waals surface area contributed by atoms with Crippen LogP contribution in [0.1, 0.15) is 122 Å². The van der Waals surface area contributed by atoms with Gasteiger partial charge in [-0.25, -0.2) is 0 Å². The fourth-order valence-corrected chi connectivity index (χ4v) is 3.69. The third-order valence-electron chi connectivity index (χ3n) is 5.13. The maximum absolute atomic E-state index is 11.4. The third kappa shape index (κ3) is 29.0. The third-order valence-corrected chi connectivity index (χ3v) is 5.83. The molecule has 0 radical (unpaired) electrons. The molecule has 7 heteroatoms. The minimum absolute atomic E-state index is 0. The molecule has 0 aromatic rings. The summed E-state index contributed by atoms with van der Waals surface area (Å²) in [6, 6.07) is 0. The van der Waals surface area contributed by atoms with Crippen LogP contribution in [0.5, 0.6) is 0 Å². The van der Waals surface area contributed by atoms with Gasteiger partial charge < -0.3 is 10.1 Å². The van der Waals surface area contributed by atoms with E-state index in [0.717, 1.165) is 19.3 Å². The molecule has 0 bridgehead atoms. The standard InChI is InChI=1S/C22H45NO4S.K/c1-2-3-4-5-6-7-8-9-10-11-12-13-14-15-16-17-18-19-22(24)23-20-21-28(25,26)27;/h2-21H2,1H3,(H,23,24)(H,25,26,27);/q;+1/p-1. The van der Waals surface area contributed by atoms with Crippen LogP contribution >= 0.6 is 0 Å². The van der Waals surface area contributed by atoms with Gasteiger partial charge in [-0.05, 0) is 18.7 Å². The summed E-state index contributed by atoms with van der Waals surface area (Å²) in [5.74, 6) is -0.734. The molecule has 0 unspecified atom stereocenters. The van der Waals surface area contributed by atoms with Gasteiger partial charge in [0.2, 0.25) is 0 Å².